The highest BCUT2D eigenvalue weighted by atomic mass is 32.2. The van der Waals surface area contributed by atoms with E-state index in [4.69, 9.17) is 0 Å². The van der Waals surface area contributed by atoms with Gasteiger partial charge in [-0.1, -0.05) is 46.8 Å². The minimum absolute atomic E-state index is 0.180. The van der Waals surface area contributed by atoms with Crippen LogP contribution in [0.5, 0.6) is 0 Å². The van der Waals surface area contributed by atoms with E-state index < -0.39 is 0 Å². The molecule has 0 amide bonds. The fourth-order valence-corrected chi connectivity index (χ4v) is 2.61. The Hall–Kier alpha value is -0.760. The summed E-state index contributed by atoms with van der Waals surface area (Å²) in [6.45, 7) is 10.7. The summed E-state index contributed by atoms with van der Waals surface area (Å²) in [6.07, 6.45) is 0.629. The molecule has 0 fully saturated rings. The van der Waals surface area contributed by atoms with E-state index in [1.54, 1.807) is 11.8 Å². The molecule has 0 aliphatic carbocycles. The zero-order valence-electron chi connectivity index (χ0n) is 11.4. The Morgan fingerprint density at radius 1 is 1.29 bits per heavy atom. The first-order valence-electron chi connectivity index (χ1n) is 6.10. The number of rotatable bonds is 4. The van der Waals surface area contributed by atoms with E-state index in [9.17, 15) is 4.79 Å². The quantitative estimate of drug-likeness (QED) is 0.563. The molecule has 0 spiro atoms. The maximum atomic E-state index is 12.0. The van der Waals surface area contributed by atoms with E-state index in [0.29, 0.717) is 12.3 Å². The fraction of sp³-hybridized carbons (Fsp3) is 0.533. The average Bonchev–Trinajstić information content (AvgIpc) is 2.14. The zero-order chi connectivity index (χ0) is 13.1. The largest absolute Gasteiger partial charge is 0.294 e. The number of thioether (sulfide) groups is 1. The molecule has 94 valence electrons. The van der Waals surface area contributed by atoms with Crippen LogP contribution in [-0.2, 0) is 0 Å². The number of hydrogen-bond acceptors (Lipinski definition) is 2. The summed E-state index contributed by atoms with van der Waals surface area (Å²) in [4.78, 5) is 13.1. The summed E-state index contributed by atoms with van der Waals surface area (Å²) in [5.41, 5.74) is 0.841. The molecule has 1 nitrogen and oxygen atoms in total. The molecule has 1 aromatic carbocycles. The van der Waals surface area contributed by atoms with Crippen molar-refractivity contribution in [2.75, 3.05) is 0 Å². The van der Waals surface area contributed by atoms with E-state index >= 15 is 0 Å². The molecule has 0 unspecified atom stereocenters. The van der Waals surface area contributed by atoms with Gasteiger partial charge in [0.2, 0.25) is 0 Å². The highest BCUT2D eigenvalue weighted by Crippen LogP contribution is 2.32. The summed E-state index contributed by atoms with van der Waals surface area (Å²) < 4.78 is 0.180. The molecule has 0 heterocycles. The lowest BCUT2D eigenvalue weighted by Crippen LogP contribution is -2.07. The van der Waals surface area contributed by atoms with E-state index in [1.165, 1.54) is 4.90 Å². The Morgan fingerprint density at radius 2 is 1.94 bits per heavy atom. The molecule has 1 aromatic rings. The fourth-order valence-electron chi connectivity index (χ4n) is 1.58. The topological polar surface area (TPSA) is 17.1 Å². The number of benzene rings is 1. The molecule has 0 N–H and O–H groups in total. The second-order valence-corrected chi connectivity index (χ2v) is 7.66. The Balaban J connectivity index is 2.82. The summed E-state index contributed by atoms with van der Waals surface area (Å²) in [5, 5.41) is 0. The van der Waals surface area contributed by atoms with Gasteiger partial charge in [-0.05, 0) is 18.1 Å². The van der Waals surface area contributed by atoms with Gasteiger partial charge in [0.1, 0.15) is 0 Å². The molecule has 0 saturated heterocycles. The number of hydrogen-bond donors (Lipinski definition) is 0. The van der Waals surface area contributed by atoms with Crippen LogP contribution in [0.2, 0.25) is 0 Å². The molecule has 0 aliphatic heterocycles. The van der Waals surface area contributed by atoms with Gasteiger partial charge < -0.3 is 0 Å². The Bertz CT molecular complexity index is 388. The highest BCUT2D eigenvalue weighted by molar-refractivity contribution is 8.00. The molecule has 0 aliphatic rings. The van der Waals surface area contributed by atoms with Gasteiger partial charge in [0.15, 0.2) is 5.78 Å². The van der Waals surface area contributed by atoms with Crippen molar-refractivity contribution in [3.63, 3.8) is 0 Å². The van der Waals surface area contributed by atoms with Crippen LogP contribution < -0.4 is 0 Å². The van der Waals surface area contributed by atoms with Crippen LogP contribution in [-0.4, -0.2) is 10.5 Å². The van der Waals surface area contributed by atoms with Crippen LogP contribution >= 0.6 is 11.8 Å². The molecule has 0 bridgehead atoms. The molecule has 0 atom stereocenters. The SMILES string of the molecule is CC(C)CC(=O)c1cccc(SC(C)(C)C)c1. The monoisotopic (exact) mass is 250 g/mol. The van der Waals surface area contributed by atoms with Crippen LogP contribution in [0.1, 0.15) is 51.4 Å². The lowest BCUT2D eigenvalue weighted by atomic mass is 10.0. The van der Waals surface area contributed by atoms with Gasteiger partial charge >= 0.3 is 0 Å². The normalized spacial score (nSPS) is 11.9. The van der Waals surface area contributed by atoms with E-state index in [0.717, 1.165) is 5.56 Å². The van der Waals surface area contributed by atoms with Gasteiger partial charge in [-0.3, -0.25) is 4.79 Å². The van der Waals surface area contributed by atoms with Crippen LogP contribution in [0.15, 0.2) is 29.2 Å². The van der Waals surface area contributed by atoms with Gasteiger partial charge in [-0.15, -0.1) is 11.8 Å². The summed E-state index contributed by atoms with van der Waals surface area (Å²) >= 11 is 1.80. The first-order chi connectivity index (χ1) is 7.78. The van der Waals surface area contributed by atoms with E-state index in [2.05, 4.69) is 40.7 Å². The second kappa shape index (κ2) is 5.72. The lowest BCUT2D eigenvalue weighted by Gasteiger charge is -2.17. The molecule has 2 heteroatoms. The van der Waals surface area contributed by atoms with Crippen molar-refractivity contribution in [2.45, 2.75) is 50.7 Å². The number of carbonyl (C=O) groups excluding carboxylic acids is 1. The van der Waals surface area contributed by atoms with Crippen molar-refractivity contribution in [2.24, 2.45) is 5.92 Å². The molecule has 0 saturated carbocycles. The van der Waals surface area contributed by atoms with Crippen LogP contribution in [0.25, 0.3) is 0 Å². The van der Waals surface area contributed by atoms with E-state index in [-0.39, 0.29) is 10.5 Å². The second-order valence-electron chi connectivity index (χ2n) is 5.76. The Kier molecular flexibility index (Phi) is 4.81. The molecular weight excluding hydrogens is 228 g/mol. The molecule has 0 radical (unpaired) electrons. The van der Waals surface area contributed by atoms with Gasteiger partial charge in [0.25, 0.3) is 0 Å². The van der Waals surface area contributed by atoms with Gasteiger partial charge in [-0.25, -0.2) is 0 Å². The molecule has 0 aromatic heterocycles. The highest BCUT2D eigenvalue weighted by Gasteiger charge is 2.14. The number of Topliss-reactive ketones (excluding diaryl/α,β-unsaturated/α-hetero) is 1. The number of ketones is 1. The third-order valence-electron chi connectivity index (χ3n) is 2.17. The predicted octanol–water partition coefficient (Wildman–Crippen LogP) is 4.81. The Morgan fingerprint density at radius 3 is 2.47 bits per heavy atom. The van der Waals surface area contributed by atoms with E-state index in [1.807, 2.05) is 18.2 Å². The van der Waals surface area contributed by atoms with Gasteiger partial charge in [0, 0.05) is 21.6 Å². The lowest BCUT2D eigenvalue weighted by molar-refractivity contribution is 0.0967. The molecule has 1 rings (SSSR count). The summed E-state index contributed by atoms with van der Waals surface area (Å²) in [6, 6.07) is 7.97. The van der Waals surface area contributed by atoms with Crippen LogP contribution in [0, 0.1) is 5.92 Å². The van der Waals surface area contributed by atoms with Crippen molar-refractivity contribution in [1.82, 2.24) is 0 Å². The minimum atomic E-state index is 0.180. The van der Waals surface area contributed by atoms with Crippen molar-refractivity contribution in [3.05, 3.63) is 29.8 Å². The Labute approximate surface area is 109 Å². The predicted molar refractivity (Wildman–Crippen MR) is 75.8 cm³/mol. The zero-order valence-corrected chi connectivity index (χ0v) is 12.2. The molecule has 17 heavy (non-hydrogen) atoms. The van der Waals surface area contributed by atoms with Gasteiger partial charge in [-0.2, -0.15) is 0 Å². The maximum absolute atomic E-state index is 12.0. The van der Waals surface area contributed by atoms with Crippen molar-refractivity contribution in [3.8, 4) is 0 Å². The van der Waals surface area contributed by atoms with Crippen molar-refractivity contribution >= 4 is 17.5 Å². The van der Waals surface area contributed by atoms with Crippen molar-refractivity contribution in [1.29, 1.82) is 0 Å². The van der Waals surface area contributed by atoms with Crippen molar-refractivity contribution < 1.29 is 4.79 Å². The summed E-state index contributed by atoms with van der Waals surface area (Å²) in [7, 11) is 0. The first-order valence-corrected chi connectivity index (χ1v) is 6.92. The third-order valence-corrected chi connectivity index (χ3v) is 3.28. The van der Waals surface area contributed by atoms with Gasteiger partial charge in [0.05, 0.1) is 0 Å². The molecular formula is C15H22OS. The van der Waals surface area contributed by atoms with Crippen LogP contribution in [0.3, 0.4) is 0 Å². The third kappa shape index (κ3) is 5.40. The average molecular weight is 250 g/mol. The van der Waals surface area contributed by atoms with Crippen LogP contribution in [0.4, 0.5) is 0 Å². The first kappa shape index (κ1) is 14.3. The maximum Gasteiger partial charge on any atom is 0.163 e. The smallest absolute Gasteiger partial charge is 0.163 e. The summed E-state index contributed by atoms with van der Waals surface area (Å²) in [5.74, 6) is 0.665. The standard InChI is InChI=1S/C15H22OS/c1-11(2)9-14(16)12-7-6-8-13(10-12)17-15(3,4)5/h6-8,10-11H,9H2,1-5H3. The minimum Gasteiger partial charge on any atom is -0.294 e. The number of carbonyl (C=O) groups is 1.